The number of nitrogens with one attached hydrogen (secondary N) is 2. The minimum absolute atomic E-state index is 0.185. The largest absolute Gasteiger partial charge is 0.344 e. The molecule has 1 aliphatic carbocycles. The maximum Gasteiger partial charge on any atom is 0.344 e. The van der Waals surface area contributed by atoms with E-state index in [4.69, 9.17) is 0 Å². The molecular weight excluding hydrogens is 319 g/mol. The van der Waals surface area contributed by atoms with E-state index >= 15 is 0 Å². The fourth-order valence-corrected chi connectivity index (χ4v) is 3.08. The van der Waals surface area contributed by atoms with Crippen LogP contribution in [0.3, 0.4) is 0 Å². The molecule has 0 aliphatic heterocycles. The number of carbonyl (C=O) groups excluding carboxylic acids is 1. The third-order valence-electron chi connectivity index (χ3n) is 3.67. The van der Waals surface area contributed by atoms with Crippen LogP contribution in [0.4, 0.5) is 10.1 Å². The number of rotatable bonds is 5. The van der Waals surface area contributed by atoms with Crippen LogP contribution in [0.25, 0.3) is 0 Å². The highest BCUT2D eigenvalue weighted by Crippen LogP contribution is 2.36. The van der Waals surface area contributed by atoms with Crippen molar-refractivity contribution in [3.8, 4) is 0 Å². The third-order valence-corrected chi connectivity index (χ3v) is 4.74. The molecule has 0 radical (unpaired) electrons. The van der Waals surface area contributed by atoms with Crippen molar-refractivity contribution in [3.63, 3.8) is 0 Å². The second-order valence-corrected chi connectivity index (χ2v) is 6.93. The normalized spacial score (nSPS) is 15.4. The highest BCUT2D eigenvalue weighted by Gasteiger charge is 2.30. The topological polar surface area (TPSA) is 79.8 Å². The highest BCUT2D eigenvalue weighted by atomic mass is 32.2. The van der Waals surface area contributed by atoms with E-state index in [9.17, 15) is 14.0 Å². The van der Waals surface area contributed by atoms with Crippen LogP contribution in [0.1, 0.15) is 31.4 Å². The molecule has 1 amide bonds. The Morgan fingerprint density at radius 3 is 2.91 bits per heavy atom. The second-order valence-electron chi connectivity index (χ2n) is 5.63. The Labute approximate surface area is 136 Å². The molecule has 1 aromatic heterocycles. The van der Waals surface area contributed by atoms with Crippen LogP contribution in [0.5, 0.6) is 0 Å². The number of carbonyl (C=O) groups is 1. The van der Waals surface area contributed by atoms with Gasteiger partial charge in [-0.1, -0.05) is 17.8 Å². The van der Waals surface area contributed by atoms with Gasteiger partial charge < -0.3 is 5.32 Å². The van der Waals surface area contributed by atoms with E-state index in [0.29, 0.717) is 16.4 Å². The molecule has 6 nitrogen and oxygen atoms in total. The Kier molecular flexibility index (Phi) is 4.25. The molecule has 1 saturated carbocycles. The number of anilines is 1. The molecule has 2 aromatic rings. The van der Waals surface area contributed by atoms with Crippen LogP contribution in [-0.4, -0.2) is 25.9 Å². The van der Waals surface area contributed by atoms with E-state index in [2.05, 4.69) is 15.5 Å². The van der Waals surface area contributed by atoms with Crippen molar-refractivity contribution >= 4 is 23.4 Å². The maximum absolute atomic E-state index is 13.5. The summed E-state index contributed by atoms with van der Waals surface area (Å²) in [6.07, 6.45) is 1.91. The molecule has 1 aliphatic rings. The summed E-state index contributed by atoms with van der Waals surface area (Å²) in [4.78, 5) is 24.0. The van der Waals surface area contributed by atoms with Crippen molar-refractivity contribution in [2.24, 2.45) is 0 Å². The number of aromatic nitrogens is 3. The van der Waals surface area contributed by atoms with Crippen LogP contribution >= 0.6 is 11.8 Å². The van der Waals surface area contributed by atoms with Crippen LogP contribution in [0, 0.1) is 12.7 Å². The number of hydrogen-bond donors (Lipinski definition) is 2. The Balaban J connectivity index is 1.68. The van der Waals surface area contributed by atoms with Gasteiger partial charge in [-0.25, -0.2) is 14.3 Å². The predicted molar refractivity (Wildman–Crippen MR) is 86.2 cm³/mol. The molecule has 0 unspecified atom stereocenters. The van der Waals surface area contributed by atoms with Crippen LogP contribution in [0.15, 0.2) is 28.2 Å². The average molecular weight is 336 g/mol. The Morgan fingerprint density at radius 2 is 2.26 bits per heavy atom. The van der Waals surface area contributed by atoms with Gasteiger partial charge in [0.2, 0.25) is 5.91 Å². The van der Waals surface area contributed by atoms with Gasteiger partial charge in [0.15, 0.2) is 5.16 Å². The number of H-pyrrole nitrogens is 1. The first-order valence-electron chi connectivity index (χ1n) is 7.36. The van der Waals surface area contributed by atoms with Gasteiger partial charge in [0, 0.05) is 11.7 Å². The molecule has 0 spiro atoms. The number of aryl methyl sites for hydroxylation is 1. The quantitative estimate of drug-likeness (QED) is 0.822. The average Bonchev–Trinajstić information content (AvgIpc) is 3.27. The van der Waals surface area contributed by atoms with E-state index in [1.807, 2.05) is 0 Å². The Hall–Kier alpha value is -2.09. The first-order chi connectivity index (χ1) is 11.0. The lowest BCUT2D eigenvalue weighted by Gasteiger charge is -2.12. The zero-order valence-electron chi connectivity index (χ0n) is 12.8. The number of nitrogens with zero attached hydrogens (tertiary/aromatic N) is 2. The van der Waals surface area contributed by atoms with Gasteiger partial charge in [-0.2, -0.15) is 0 Å². The second kappa shape index (κ2) is 6.19. The Bertz CT molecular complexity index is 797. The van der Waals surface area contributed by atoms with Crippen molar-refractivity contribution in [2.45, 2.75) is 43.1 Å². The van der Waals surface area contributed by atoms with Crippen LogP contribution in [0.2, 0.25) is 0 Å². The summed E-state index contributed by atoms with van der Waals surface area (Å²) in [6.45, 7) is 3.38. The molecule has 1 aromatic carbocycles. The fraction of sp³-hybridized carbons (Fsp3) is 0.400. The van der Waals surface area contributed by atoms with Gasteiger partial charge in [-0.15, -0.1) is 5.10 Å². The SMILES string of the molecule is Cc1ccc(NC(=O)[C@H](C)Sc2n[nH]c(=O)n2C2CC2)cc1F. The van der Waals surface area contributed by atoms with Crippen molar-refractivity contribution < 1.29 is 9.18 Å². The summed E-state index contributed by atoms with van der Waals surface area (Å²) in [6, 6.07) is 4.74. The smallest absolute Gasteiger partial charge is 0.325 e. The first kappa shape index (κ1) is 15.8. The van der Waals surface area contributed by atoms with Crippen molar-refractivity contribution in [2.75, 3.05) is 5.32 Å². The zero-order valence-corrected chi connectivity index (χ0v) is 13.6. The van der Waals surface area contributed by atoms with Gasteiger partial charge in [0.25, 0.3) is 0 Å². The first-order valence-corrected chi connectivity index (χ1v) is 8.24. The van der Waals surface area contributed by atoms with Gasteiger partial charge in [-0.3, -0.25) is 9.36 Å². The molecule has 8 heteroatoms. The number of amides is 1. The standard InChI is InChI=1S/C15H17FN4O2S/c1-8-3-4-10(7-12(8)16)17-13(21)9(2)23-15-19-18-14(22)20(15)11-5-6-11/h3-4,7,9,11H,5-6H2,1-2H3,(H,17,21)(H,18,22)/t9-/m0/s1. The lowest BCUT2D eigenvalue weighted by Crippen LogP contribution is -2.23. The molecule has 0 bridgehead atoms. The molecule has 2 N–H and O–H groups in total. The summed E-state index contributed by atoms with van der Waals surface area (Å²) in [5.41, 5.74) is 0.686. The van der Waals surface area contributed by atoms with Crippen LogP contribution in [-0.2, 0) is 4.79 Å². The van der Waals surface area contributed by atoms with Gasteiger partial charge in [0.1, 0.15) is 5.82 Å². The van der Waals surface area contributed by atoms with Gasteiger partial charge >= 0.3 is 5.69 Å². The summed E-state index contributed by atoms with van der Waals surface area (Å²) >= 11 is 1.21. The number of halogens is 1. The van der Waals surface area contributed by atoms with E-state index in [-0.39, 0.29) is 23.5 Å². The minimum atomic E-state index is -0.466. The molecule has 122 valence electrons. The van der Waals surface area contributed by atoms with E-state index in [1.54, 1.807) is 30.5 Å². The highest BCUT2D eigenvalue weighted by molar-refractivity contribution is 8.00. The molecule has 23 heavy (non-hydrogen) atoms. The van der Waals surface area contributed by atoms with Crippen LogP contribution < -0.4 is 11.0 Å². The van der Waals surface area contributed by atoms with Crippen molar-refractivity contribution in [1.82, 2.24) is 14.8 Å². The molecule has 1 fully saturated rings. The summed E-state index contributed by atoms with van der Waals surface area (Å²) < 4.78 is 15.1. The molecule has 0 saturated heterocycles. The third kappa shape index (κ3) is 3.47. The fourth-order valence-electron chi connectivity index (χ4n) is 2.15. The number of hydrogen-bond acceptors (Lipinski definition) is 4. The summed E-state index contributed by atoms with van der Waals surface area (Å²) in [5.74, 6) is -0.631. The zero-order chi connectivity index (χ0) is 16.6. The molecule has 1 heterocycles. The Morgan fingerprint density at radius 1 is 1.52 bits per heavy atom. The van der Waals surface area contributed by atoms with E-state index < -0.39 is 5.25 Å². The predicted octanol–water partition coefficient (Wildman–Crippen LogP) is 2.47. The maximum atomic E-state index is 13.5. The number of aromatic amines is 1. The number of benzene rings is 1. The van der Waals surface area contributed by atoms with E-state index in [1.165, 1.54) is 17.8 Å². The lowest BCUT2D eigenvalue weighted by atomic mass is 10.2. The van der Waals surface area contributed by atoms with Crippen molar-refractivity contribution in [1.29, 1.82) is 0 Å². The van der Waals surface area contributed by atoms with E-state index in [0.717, 1.165) is 12.8 Å². The molecule has 3 rings (SSSR count). The number of thioether (sulfide) groups is 1. The molecular formula is C15H17FN4O2S. The monoisotopic (exact) mass is 336 g/mol. The summed E-state index contributed by atoms with van der Waals surface area (Å²) in [7, 11) is 0. The summed E-state index contributed by atoms with van der Waals surface area (Å²) in [5, 5.41) is 9.12. The lowest BCUT2D eigenvalue weighted by molar-refractivity contribution is -0.115. The van der Waals surface area contributed by atoms with Crippen molar-refractivity contribution in [3.05, 3.63) is 40.1 Å². The molecule has 1 atom stereocenters. The minimum Gasteiger partial charge on any atom is -0.325 e. The van der Waals surface area contributed by atoms with Gasteiger partial charge in [-0.05, 0) is 44.4 Å². The van der Waals surface area contributed by atoms with Gasteiger partial charge in [0.05, 0.1) is 5.25 Å².